The van der Waals surface area contributed by atoms with E-state index in [4.69, 9.17) is 0 Å². The topological polar surface area (TPSA) is 64.3 Å². The molecule has 2 aliphatic rings. The van der Waals surface area contributed by atoms with Crippen LogP contribution in [0.3, 0.4) is 0 Å². The second kappa shape index (κ2) is 7.81. The van der Waals surface area contributed by atoms with Crippen molar-refractivity contribution in [1.29, 1.82) is 0 Å². The van der Waals surface area contributed by atoms with Crippen LogP contribution in [0.1, 0.15) is 28.9 Å². The van der Waals surface area contributed by atoms with Crippen LogP contribution in [0.5, 0.6) is 0 Å². The van der Waals surface area contributed by atoms with Crippen LogP contribution in [0.25, 0.3) is 10.9 Å². The normalized spacial score (nSPS) is 24.8. The lowest BCUT2D eigenvalue weighted by Gasteiger charge is -2.51. The molecule has 5 rings (SSSR count). The number of carbonyl (C=O) groups is 1. The number of nitrogens with zero attached hydrogens (tertiary/aromatic N) is 3. The van der Waals surface area contributed by atoms with Crippen LogP contribution in [0, 0.1) is 5.82 Å². The Balaban J connectivity index is 1.24. The Morgan fingerprint density at radius 3 is 2.57 bits per heavy atom. The van der Waals surface area contributed by atoms with Gasteiger partial charge in [0.2, 0.25) is 0 Å². The minimum absolute atomic E-state index is 0.108. The van der Waals surface area contributed by atoms with Crippen molar-refractivity contribution in [3.63, 3.8) is 0 Å². The highest BCUT2D eigenvalue weighted by atomic mass is 19.1. The molecule has 30 heavy (non-hydrogen) atoms. The molecule has 2 N–H and O–H groups in total. The summed E-state index contributed by atoms with van der Waals surface area (Å²) < 4.78 is 13.2. The predicted molar refractivity (Wildman–Crippen MR) is 114 cm³/mol. The number of aromatic amines is 1. The summed E-state index contributed by atoms with van der Waals surface area (Å²) in [6.45, 7) is 2.72. The minimum Gasteiger partial charge on any atom is -0.348 e. The number of H-pyrrole nitrogens is 1. The molecule has 3 atom stereocenters. The summed E-state index contributed by atoms with van der Waals surface area (Å²) >= 11 is 0. The first-order chi connectivity index (χ1) is 14.6. The standard InChI is InChI=1S/C23H26FN5O/c1-28-18-10-17(25-23(30)22-20-4-2-3-5-21(20)26-27-22)11-19(28)14-29(13-18)12-15-6-8-16(24)9-7-15/h2-9,17-19H,10-14H2,1H3,(H,25,30)(H,26,27)/t17-,18-,19+. The van der Waals surface area contributed by atoms with E-state index in [1.165, 1.54) is 12.1 Å². The predicted octanol–water partition coefficient (Wildman–Crippen LogP) is 2.78. The van der Waals surface area contributed by atoms with Crippen molar-refractivity contribution in [3.05, 3.63) is 65.6 Å². The summed E-state index contributed by atoms with van der Waals surface area (Å²) in [5, 5.41) is 11.2. The van der Waals surface area contributed by atoms with Gasteiger partial charge in [0.15, 0.2) is 5.69 Å². The first-order valence-electron chi connectivity index (χ1n) is 10.5. The Morgan fingerprint density at radius 1 is 1.13 bits per heavy atom. The summed E-state index contributed by atoms with van der Waals surface area (Å²) in [5.74, 6) is -0.305. The zero-order valence-electron chi connectivity index (χ0n) is 17.0. The molecule has 156 valence electrons. The summed E-state index contributed by atoms with van der Waals surface area (Å²) in [5.41, 5.74) is 2.47. The molecule has 2 fully saturated rings. The second-order valence-corrected chi connectivity index (χ2v) is 8.55. The number of benzene rings is 2. The van der Waals surface area contributed by atoms with Crippen LogP contribution in [-0.4, -0.2) is 64.2 Å². The fourth-order valence-corrected chi connectivity index (χ4v) is 4.95. The van der Waals surface area contributed by atoms with Gasteiger partial charge in [0, 0.05) is 43.1 Å². The molecule has 0 aliphatic carbocycles. The lowest BCUT2D eigenvalue weighted by Crippen LogP contribution is -2.63. The molecule has 1 amide bonds. The van der Waals surface area contributed by atoms with Crippen LogP contribution < -0.4 is 5.32 Å². The van der Waals surface area contributed by atoms with Crippen molar-refractivity contribution in [2.24, 2.45) is 0 Å². The molecule has 7 heteroatoms. The number of nitrogens with one attached hydrogen (secondary N) is 2. The molecule has 2 aromatic carbocycles. The number of rotatable bonds is 4. The number of amides is 1. The number of aromatic nitrogens is 2. The molecule has 3 heterocycles. The number of piperidine rings is 1. The third-order valence-electron chi connectivity index (χ3n) is 6.54. The monoisotopic (exact) mass is 407 g/mol. The summed E-state index contributed by atoms with van der Waals surface area (Å²) in [6.07, 6.45) is 1.84. The van der Waals surface area contributed by atoms with Gasteiger partial charge in [-0.2, -0.15) is 5.10 Å². The number of hydrogen-bond acceptors (Lipinski definition) is 4. The maximum absolute atomic E-state index is 13.2. The van der Waals surface area contributed by atoms with Crippen LogP contribution in [0.4, 0.5) is 4.39 Å². The van der Waals surface area contributed by atoms with Crippen LogP contribution in [-0.2, 0) is 6.54 Å². The maximum Gasteiger partial charge on any atom is 0.272 e. The number of hydrogen-bond donors (Lipinski definition) is 2. The number of carbonyl (C=O) groups excluding carboxylic acids is 1. The molecular formula is C23H26FN5O. The van der Waals surface area contributed by atoms with Gasteiger partial charge >= 0.3 is 0 Å². The number of fused-ring (bicyclic) bond motifs is 3. The SMILES string of the molecule is CN1[C@@H]2C[C@@H](NC(=O)c3n[nH]c4ccccc34)C[C@H]1CN(Cc1ccc(F)cc1)C2. The Hall–Kier alpha value is -2.77. The van der Waals surface area contributed by atoms with Gasteiger partial charge in [0.05, 0.1) is 5.52 Å². The average Bonchev–Trinajstić information content (AvgIpc) is 3.15. The number of likely N-dealkylation sites (tertiary alicyclic amines) is 1. The van der Waals surface area contributed by atoms with Crippen molar-refractivity contribution >= 4 is 16.8 Å². The summed E-state index contributed by atoms with van der Waals surface area (Å²) in [6, 6.07) is 15.4. The fraction of sp³-hybridized carbons (Fsp3) is 0.391. The Kier molecular flexibility index (Phi) is 5.00. The maximum atomic E-state index is 13.2. The van der Waals surface area contributed by atoms with Crippen molar-refractivity contribution in [1.82, 2.24) is 25.3 Å². The molecule has 0 radical (unpaired) electrons. The van der Waals surface area contributed by atoms with Crippen molar-refractivity contribution in [3.8, 4) is 0 Å². The van der Waals surface area contributed by atoms with Crippen LogP contribution in [0.2, 0.25) is 0 Å². The second-order valence-electron chi connectivity index (χ2n) is 8.55. The molecule has 2 saturated heterocycles. The number of halogens is 1. The highest BCUT2D eigenvalue weighted by Gasteiger charge is 2.39. The third kappa shape index (κ3) is 3.70. The van der Waals surface area contributed by atoms with E-state index in [0.717, 1.165) is 48.9 Å². The van der Waals surface area contributed by atoms with E-state index >= 15 is 0 Å². The van der Waals surface area contributed by atoms with E-state index in [0.29, 0.717) is 17.8 Å². The molecule has 2 aliphatic heterocycles. The van der Waals surface area contributed by atoms with Crippen molar-refractivity contribution in [2.45, 2.75) is 37.5 Å². The van der Waals surface area contributed by atoms with E-state index in [2.05, 4.69) is 32.4 Å². The molecule has 0 unspecified atom stereocenters. The van der Waals surface area contributed by atoms with E-state index in [9.17, 15) is 9.18 Å². The van der Waals surface area contributed by atoms with Gasteiger partial charge in [-0.25, -0.2) is 4.39 Å². The number of para-hydroxylation sites is 1. The fourth-order valence-electron chi connectivity index (χ4n) is 4.95. The third-order valence-corrected chi connectivity index (χ3v) is 6.54. The Labute approximate surface area is 175 Å². The highest BCUT2D eigenvalue weighted by Crippen LogP contribution is 2.29. The van der Waals surface area contributed by atoms with Crippen LogP contribution in [0.15, 0.2) is 48.5 Å². The first-order valence-corrected chi connectivity index (χ1v) is 10.5. The van der Waals surface area contributed by atoms with E-state index in [1.807, 2.05) is 36.4 Å². The zero-order chi connectivity index (χ0) is 20.7. The van der Waals surface area contributed by atoms with Gasteiger partial charge in [0.25, 0.3) is 5.91 Å². The molecule has 3 aromatic rings. The smallest absolute Gasteiger partial charge is 0.272 e. The first kappa shape index (κ1) is 19.2. The lowest BCUT2D eigenvalue weighted by atomic mass is 9.87. The highest BCUT2D eigenvalue weighted by molar-refractivity contribution is 6.04. The Bertz CT molecular complexity index is 1030. The Morgan fingerprint density at radius 2 is 1.83 bits per heavy atom. The van der Waals surface area contributed by atoms with Gasteiger partial charge in [-0.1, -0.05) is 30.3 Å². The van der Waals surface area contributed by atoms with Crippen LogP contribution >= 0.6 is 0 Å². The van der Waals surface area contributed by atoms with E-state index < -0.39 is 0 Å². The molecule has 6 nitrogen and oxygen atoms in total. The number of piperazine rings is 1. The van der Waals surface area contributed by atoms with Crippen molar-refractivity contribution in [2.75, 3.05) is 20.1 Å². The molecular weight excluding hydrogens is 381 g/mol. The largest absolute Gasteiger partial charge is 0.348 e. The quantitative estimate of drug-likeness (QED) is 0.698. The van der Waals surface area contributed by atoms with Crippen molar-refractivity contribution < 1.29 is 9.18 Å². The summed E-state index contributed by atoms with van der Waals surface area (Å²) in [4.78, 5) is 17.8. The zero-order valence-corrected chi connectivity index (χ0v) is 17.0. The van der Waals surface area contributed by atoms with Gasteiger partial charge in [-0.15, -0.1) is 0 Å². The molecule has 2 bridgehead atoms. The van der Waals surface area contributed by atoms with Gasteiger partial charge in [0.1, 0.15) is 5.82 Å². The van der Waals surface area contributed by atoms with Gasteiger partial charge in [-0.05, 0) is 43.7 Å². The molecule has 0 spiro atoms. The van der Waals surface area contributed by atoms with Gasteiger partial charge < -0.3 is 5.32 Å². The minimum atomic E-state index is -0.197. The van der Waals surface area contributed by atoms with E-state index in [-0.39, 0.29) is 17.8 Å². The number of likely N-dealkylation sites (N-methyl/N-ethyl adjacent to an activating group) is 1. The summed E-state index contributed by atoms with van der Waals surface area (Å²) in [7, 11) is 2.18. The molecule has 0 saturated carbocycles. The lowest BCUT2D eigenvalue weighted by molar-refractivity contribution is -0.00512. The van der Waals surface area contributed by atoms with E-state index in [1.54, 1.807) is 0 Å². The molecule has 1 aromatic heterocycles. The van der Waals surface area contributed by atoms with Gasteiger partial charge in [-0.3, -0.25) is 19.7 Å². The average molecular weight is 407 g/mol.